The van der Waals surface area contributed by atoms with E-state index in [0.29, 0.717) is 6.54 Å². The average molecular weight is 292 g/mol. The van der Waals surface area contributed by atoms with Gasteiger partial charge in [0.25, 0.3) is 5.91 Å². The van der Waals surface area contributed by atoms with E-state index in [0.717, 1.165) is 16.9 Å². The van der Waals surface area contributed by atoms with Crippen LogP contribution in [0.2, 0.25) is 0 Å². The number of hydrogen-bond donors (Lipinski definition) is 0. The fourth-order valence-corrected chi connectivity index (χ4v) is 3.27. The summed E-state index contributed by atoms with van der Waals surface area (Å²) in [6.07, 6.45) is 2.13. The largest absolute Gasteiger partial charge is 0.467 e. The molecule has 3 rings (SSSR count). The Morgan fingerprint density at radius 2 is 2.35 bits per heavy atom. The molecule has 3 heterocycles. The number of methoxy groups -OCH3 is 1. The van der Waals surface area contributed by atoms with E-state index in [1.807, 2.05) is 11.4 Å². The van der Waals surface area contributed by atoms with Gasteiger partial charge in [0, 0.05) is 17.5 Å². The summed E-state index contributed by atoms with van der Waals surface area (Å²) >= 11 is 1.59. The number of amides is 1. The summed E-state index contributed by atoms with van der Waals surface area (Å²) < 4.78 is 9.73. The third-order valence-corrected chi connectivity index (χ3v) is 4.30. The first-order valence-corrected chi connectivity index (χ1v) is 6.96. The Kier molecular flexibility index (Phi) is 3.27. The maximum atomic E-state index is 12.4. The second-order valence-electron chi connectivity index (χ2n) is 4.35. The minimum atomic E-state index is -0.715. The molecule has 0 aliphatic carbocycles. The van der Waals surface area contributed by atoms with Crippen LogP contribution in [0, 0.1) is 0 Å². The molecule has 1 amide bonds. The van der Waals surface area contributed by atoms with E-state index >= 15 is 0 Å². The van der Waals surface area contributed by atoms with E-state index in [1.54, 1.807) is 11.3 Å². The van der Waals surface area contributed by atoms with Gasteiger partial charge in [0.2, 0.25) is 5.76 Å². The summed E-state index contributed by atoms with van der Waals surface area (Å²) in [5.74, 6) is -0.676. The summed E-state index contributed by atoms with van der Waals surface area (Å²) in [6.45, 7) is 0.451. The van der Waals surface area contributed by atoms with E-state index in [-0.39, 0.29) is 11.7 Å². The van der Waals surface area contributed by atoms with Gasteiger partial charge < -0.3 is 14.2 Å². The van der Waals surface area contributed by atoms with Crippen molar-refractivity contribution in [1.29, 1.82) is 0 Å². The maximum absolute atomic E-state index is 12.4. The van der Waals surface area contributed by atoms with E-state index in [9.17, 15) is 9.59 Å². The molecule has 0 spiro atoms. The highest BCUT2D eigenvalue weighted by Crippen LogP contribution is 2.34. The van der Waals surface area contributed by atoms with Gasteiger partial charge in [0.15, 0.2) is 6.04 Å². The van der Waals surface area contributed by atoms with Crippen molar-refractivity contribution in [3.05, 3.63) is 39.9 Å². The molecule has 0 N–H and O–H groups in total. The van der Waals surface area contributed by atoms with Gasteiger partial charge in [-0.1, -0.05) is 5.16 Å². The molecule has 0 fully saturated rings. The molecule has 1 unspecified atom stereocenters. The third kappa shape index (κ3) is 2.00. The first kappa shape index (κ1) is 12.9. The molecular formula is C13H12N2O4S. The van der Waals surface area contributed by atoms with Crippen LogP contribution in [-0.4, -0.2) is 35.6 Å². The standard InChI is InChI=1S/C13H12N2O4S/c1-18-13(17)11-8-4-7-20-10(8)3-6-15(11)12(16)9-2-5-14-19-9/h2,4-5,7,11H,3,6H2,1H3. The van der Waals surface area contributed by atoms with Gasteiger partial charge >= 0.3 is 5.97 Å². The van der Waals surface area contributed by atoms with Crippen molar-refractivity contribution in [3.63, 3.8) is 0 Å². The number of rotatable bonds is 2. The van der Waals surface area contributed by atoms with Crippen molar-refractivity contribution in [1.82, 2.24) is 10.1 Å². The normalized spacial score (nSPS) is 17.6. The van der Waals surface area contributed by atoms with E-state index < -0.39 is 12.0 Å². The van der Waals surface area contributed by atoms with Gasteiger partial charge in [-0.3, -0.25) is 4.79 Å². The lowest BCUT2D eigenvalue weighted by Gasteiger charge is -2.33. The molecule has 6 nitrogen and oxygen atoms in total. The van der Waals surface area contributed by atoms with Crippen molar-refractivity contribution in [2.45, 2.75) is 12.5 Å². The van der Waals surface area contributed by atoms with Crippen molar-refractivity contribution >= 4 is 23.2 Å². The number of ether oxygens (including phenoxy) is 1. The molecular weight excluding hydrogens is 280 g/mol. The van der Waals surface area contributed by atoms with Gasteiger partial charge in [-0.15, -0.1) is 11.3 Å². The van der Waals surface area contributed by atoms with E-state index in [1.165, 1.54) is 24.3 Å². The third-order valence-electron chi connectivity index (χ3n) is 3.30. The first-order valence-electron chi connectivity index (χ1n) is 6.08. The topological polar surface area (TPSA) is 72.6 Å². The zero-order chi connectivity index (χ0) is 14.1. The van der Waals surface area contributed by atoms with Crippen molar-refractivity contribution in [2.75, 3.05) is 13.7 Å². The molecule has 0 saturated carbocycles. The van der Waals surface area contributed by atoms with Crippen molar-refractivity contribution in [3.8, 4) is 0 Å². The molecule has 20 heavy (non-hydrogen) atoms. The summed E-state index contributed by atoms with van der Waals surface area (Å²) in [5, 5.41) is 5.45. The number of hydrogen-bond acceptors (Lipinski definition) is 6. The highest BCUT2D eigenvalue weighted by molar-refractivity contribution is 7.10. The van der Waals surface area contributed by atoms with E-state index in [4.69, 9.17) is 9.26 Å². The SMILES string of the molecule is COC(=O)C1c2ccsc2CCN1C(=O)c1ccno1. The van der Waals surface area contributed by atoms with Gasteiger partial charge in [-0.05, 0) is 23.4 Å². The molecule has 7 heteroatoms. The first-order chi connectivity index (χ1) is 9.72. The molecule has 104 valence electrons. The quantitative estimate of drug-likeness (QED) is 0.787. The molecule has 0 bridgehead atoms. The van der Waals surface area contributed by atoms with Gasteiger partial charge in [-0.2, -0.15) is 0 Å². The fraction of sp³-hybridized carbons (Fsp3) is 0.308. The summed E-state index contributed by atoms with van der Waals surface area (Å²) in [7, 11) is 1.32. The molecule has 1 aliphatic rings. The fourth-order valence-electron chi connectivity index (χ4n) is 2.37. The molecule has 0 radical (unpaired) electrons. The zero-order valence-electron chi connectivity index (χ0n) is 10.7. The zero-order valence-corrected chi connectivity index (χ0v) is 11.6. The monoisotopic (exact) mass is 292 g/mol. The predicted molar refractivity (Wildman–Crippen MR) is 70.3 cm³/mol. The minimum absolute atomic E-state index is 0.123. The van der Waals surface area contributed by atoms with Crippen LogP contribution >= 0.6 is 11.3 Å². The molecule has 1 aliphatic heterocycles. The maximum Gasteiger partial charge on any atom is 0.333 e. The van der Waals surface area contributed by atoms with Gasteiger partial charge in [0.1, 0.15) is 0 Å². The number of nitrogens with zero attached hydrogens (tertiary/aromatic N) is 2. The lowest BCUT2D eigenvalue weighted by atomic mass is 9.99. The number of thiophene rings is 1. The van der Waals surface area contributed by atoms with E-state index in [2.05, 4.69) is 5.16 Å². The highest BCUT2D eigenvalue weighted by atomic mass is 32.1. The van der Waals surface area contributed by atoms with Crippen LogP contribution < -0.4 is 0 Å². The van der Waals surface area contributed by atoms with Gasteiger partial charge in [0.05, 0.1) is 13.3 Å². The van der Waals surface area contributed by atoms with Crippen molar-refractivity contribution < 1.29 is 18.8 Å². The second kappa shape index (κ2) is 5.09. The van der Waals surface area contributed by atoms with Crippen LogP contribution in [-0.2, 0) is 16.0 Å². The lowest BCUT2D eigenvalue weighted by molar-refractivity contribution is -0.146. The second-order valence-corrected chi connectivity index (χ2v) is 5.35. The average Bonchev–Trinajstić information content (AvgIpc) is 3.14. The Morgan fingerprint density at radius 3 is 3.05 bits per heavy atom. The molecule has 2 aromatic heterocycles. The Bertz CT molecular complexity index is 635. The smallest absolute Gasteiger partial charge is 0.333 e. The van der Waals surface area contributed by atoms with Gasteiger partial charge in [-0.25, -0.2) is 4.79 Å². The van der Waals surface area contributed by atoms with Crippen LogP contribution in [0.25, 0.3) is 0 Å². The number of carbonyl (C=O) groups excluding carboxylic acids is 2. The molecule has 0 saturated heterocycles. The molecule has 0 aromatic carbocycles. The molecule has 2 aromatic rings. The van der Waals surface area contributed by atoms with Crippen LogP contribution in [0.5, 0.6) is 0 Å². The summed E-state index contributed by atoms with van der Waals surface area (Å²) in [4.78, 5) is 27.1. The highest BCUT2D eigenvalue weighted by Gasteiger charge is 2.38. The predicted octanol–water partition coefficient (Wildman–Crippen LogP) is 1.65. The lowest BCUT2D eigenvalue weighted by Crippen LogP contribution is -2.43. The Hall–Kier alpha value is -2.15. The number of carbonyl (C=O) groups is 2. The minimum Gasteiger partial charge on any atom is -0.467 e. The Labute approximate surface area is 118 Å². The molecule has 1 atom stereocenters. The summed E-state index contributed by atoms with van der Waals surface area (Å²) in [5.41, 5.74) is 0.834. The van der Waals surface area contributed by atoms with Crippen LogP contribution in [0.1, 0.15) is 27.0 Å². The van der Waals surface area contributed by atoms with Crippen molar-refractivity contribution in [2.24, 2.45) is 0 Å². The number of esters is 1. The summed E-state index contributed by atoms with van der Waals surface area (Å²) in [6, 6.07) is 2.63. The Morgan fingerprint density at radius 1 is 1.50 bits per heavy atom. The Balaban J connectivity index is 1.98. The van der Waals surface area contributed by atoms with Crippen LogP contribution in [0.4, 0.5) is 0 Å². The van der Waals surface area contributed by atoms with Crippen LogP contribution in [0.15, 0.2) is 28.2 Å². The number of aromatic nitrogens is 1. The number of fused-ring (bicyclic) bond motifs is 1. The van der Waals surface area contributed by atoms with Crippen LogP contribution in [0.3, 0.4) is 0 Å².